The number of nitrogens with zero attached hydrogens (tertiary/aromatic N) is 3. The van der Waals surface area contributed by atoms with Gasteiger partial charge in [0.1, 0.15) is 29.8 Å². The van der Waals surface area contributed by atoms with Gasteiger partial charge in [-0.05, 0) is 17.5 Å². The lowest BCUT2D eigenvalue weighted by Gasteiger charge is -2.15. The fourth-order valence-electron chi connectivity index (χ4n) is 3.06. The molecule has 3 aromatic rings. The van der Waals surface area contributed by atoms with E-state index in [9.17, 15) is 17.2 Å². The molecule has 0 unspecified atom stereocenters. The number of hydrogen-bond donors (Lipinski definition) is 1. The molecule has 172 valence electrons. The molecule has 0 fully saturated rings. The number of imidazole rings is 1. The average Bonchev–Trinajstić information content (AvgIpc) is 3.07. The molecule has 2 heterocycles. The summed E-state index contributed by atoms with van der Waals surface area (Å²) in [6.07, 6.45) is 3.16. The van der Waals surface area contributed by atoms with Gasteiger partial charge in [-0.15, -0.1) is 0 Å². The fourth-order valence-corrected chi connectivity index (χ4v) is 4.47. The van der Waals surface area contributed by atoms with Crippen LogP contribution in [0.4, 0.5) is 8.78 Å². The minimum Gasteiger partial charge on any atom is -0.394 e. The Balaban J connectivity index is 2.11. The van der Waals surface area contributed by atoms with Crippen molar-refractivity contribution in [2.45, 2.75) is 37.9 Å². The van der Waals surface area contributed by atoms with Crippen LogP contribution in [0.15, 0.2) is 47.8 Å². The molecule has 0 saturated carbocycles. The summed E-state index contributed by atoms with van der Waals surface area (Å²) in [4.78, 5) is 8.49. The van der Waals surface area contributed by atoms with E-state index < -0.39 is 27.5 Å². The molecular weight excluding hydrogens is 444 g/mol. The van der Waals surface area contributed by atoms with Crippen LogP contribution in [0.1, 0.15) is 36.8 Å². The first kappa shape index (κ1) is 23.8. The number of rotatable bonds is 10. The summed E-state index contributed by atoms with van der Waals surface area (Å²) in [5.41, 5.74) is 0.908. The van der Waals surface area contributed by atoms with Gasteiger partial charge in [-0.1, -0.05) is 19.9 Å². The highest BCUT2D eigenvalue weighted by Crippen LogP contribution is 2.29. The number of halogens is 2. The number of pyridine rings is 1. The number of aliphatic hydroxyl groups excluding tert-OH is 1. The standard InChI is InChI=1S/C21H23F2N3O5S/c1-14(2)20-21(32(28,29)31-18-9-16(22)8-17(23)10-18)26(12-15-4-3-5-24-11-15)19(25-20)13-30-7-6-27/h3-5,8-11,14,27H,6-7,12-13H2,1-2H3. The number of benzene rings is 1. The molecule has 0 saturated heterocycles. The molecular formula is C21H23F2N3O5S. The Hall–Kier alpha value is -2.89. The van der Waals surface area contributed by atoms with E-state index in [1.165, 1.54) is 4.57 Å². The predicted octanol–water partition coefficient (Wildman–Crippen LogP) is 3.00. The van der Waals surface area contributed by atoms with Crippen LogP contribution in [0, 0.1) is 11.6 Å². The quantitative estimate of drug-likeness (QED) is 0.361. The monoisotopic (exact) mass is 467 g/mol. The molecule has 3 rings (SSSR count). The molecule has 0 amide bonds. The molecule has 0 aliphatic carbocycles. The van der Waals surface area contributed by atoms with Crippen molar-refractivity contribution < 1.29 is 31.2 Å². The van der Waals surface area contributed by atoms with Crippen LogP contribution < -0.4 is 4.18 Å². The minimum atomic E-state index is -4.54. The van der Waals surface area contributed by atoms with Gasteiger partial charge in [-0.25, -0.2) is 13.8 Å². The van der Waals surface area contributed by atoms with Crippen LogP contribution in [-0.4, -0.2) is 41.3 Å². The normalized spacial score (nSPS) is 11.8. The molecule has 8 nitrogen and oxygen atoms in total. The van der Waals surface area contributed by atoms with Crippen molar-refractivity contribution in [2.24, 2.45) is 0 Å². The molecule has 0 bridgehead atoms. The summed E-state index contributed by atoms with van der Waals surface area (Å²) in [6.45, 7) is 3.37. The van der Waals surface area contributed by atoms with Crippen LogP contribution >= 0.6 is 0 Å². The van der Waals surface area contributed by atoms with Gasteiger partial charge in [0.05, 0.1) is 25.5 Å². The van der Waals surface area contributed by atoms with Crippen molar-refractivity contribution >= 4 is 10.1 Å². The second-order valence-corrected chi connectivity index (χ2v) is 8.70. The topological polar surface area (TPSA) is 104 Å². The predicted molar refractivity (Wildman–Crippen MR) is 111 cm³/mol. The Morgan fingerprint density at radius 3 is 2.50 bits per heavy atom. The smallest absolute Gasteiger partial charge is 0.357 e. The number of hydrogen-bond acceptors (Lipinski definition) is 7. The summed E-state index contributed by atoms with van der Waals surface area (Å²) in [7, 11) is -4.54. The summed E-state index contributed by atoms with van der Waals surface area (Å²) < 4.78 is 65.6. The van der Waals surface area contributed by atoms with Gasteiger partial charge in [-0.2, -0.15) is 8.42 Å². The molecule has 2 aromatic heterocycles. The maximum Gasteiger partial charge on any atom is 0.357 e. The Morgan fingerprint density at radius 1 is 1.19 bits per heavy atom. The highest BCUT2D eigenvalue weighted by Gasteiger charge is 2.32. The van der Waals surface area contributed by atoms with Gasteiger partial charge in [0.2, 0.25) is 0 Å². The number of aromatic nitrogens is 3. The van der Waals surface area contributed by atoms with Gasteiger partial charge < -0.3 is 18.6 Å². The first-order valence-corrected chi connectivity index (χ1v) is 11.2. The third-order valence-electron chi connectivity index (χ3n) is 4.38. The van der Waals surface area contributed by atoms with Crippen molar-refractivity contribution in [3.05, 3.63) is 71.4 Å². The maximum absolute atomic E-state index is 13.6. The van der Waals surface area contributed by atoms with E-state index in [1.54, 1.807) is 38.4 Å². The molecule has 1 N–H and O–H groups in total. The Labute approximate surface area is 184 Å². The van der Waals surface area contributed by atoms with E-state index in [4.69, 9.17) is 14.0 Å². The molecule has 0 aliphatic heterocycles. The van der Waals surface area contributed by atoms with E-state index >= 15 is 0 Å². The second-order valence-electron chi connectivity index (χ2n) is 7.24. The van der Waals surface area contributed by atoms with Crippen molar-refractivity contribution in [2.75, 3.05) is 13.2 Å². The zero-order valence-corrected chi connectivity index (χ0v) is 18.3. The van der Waals surface area contributed by atoms with Crippen LogP contribution in [0.3, 0.4) is 0 Å². The van der Waals surface area contributed by atoms with E-state index in [-0.39, 0.29) is 43.0 Å². The molecule has 0 aliphatic rings. The lowest BCUT2D eigenvalue weighted by atomic mass is 10.1. The highest BCUT2D eigenvalue weighted by atomic mass is 32.2. The molecule has 1 aromatic carbocycles. The first-order valence-electron chi connectivity index (χ1n) is 9.78. The average molecular weight is 467 g/mol. The minimum absolute atomic E-state index is 0.0396. The summed E-state index contributed by atoms with van der Waals surface area (Å²) in [5, 5.41) is 8.75. The van der Waals surface area contributed by atoms with Gasteiger partial charge >= 0.3 is 10.1 Å². The second kappa shape index (κ2) is 10.2. The van der Waals surface area contributed by atoms with Crippen LogP contribution in [0.5, 0.6) is 5.75 Å². The van der Waals surface area contributed by atoms with Gasteiger partial charge in [0, 0.05) is 30.6 Å². The van der Waals surface area contributed by atoms with Gasteiger partial charge in [0.25, 0.3) is 0 Å². The number of aliphatic hydroxyl groups is 1. The third kappa shape index (κ3) is 5.67. The van der Waals surface area contributed by atoms with Crippen LogP contribution in [0.25, 0.3) is 0 Å². The van der Waals surface area contributed by atoms with Crippen molar-refractivity contribution in [3.63, 3.8) is 0 Å². The van der Waals surface area contributed by atoms with E-state index in [0.29, 0.717) is 17.5 Å². The van der Waals surface area contributed by atoms with Crippen LogP contribution in [0.2, 0.25) is 0 Å². The van der Waals surface area contributed by atoms with E-state index in [1.807, 2.05) is 0 Å². The van der Waals surface area contributed by atoms with Crippen molar-refractivity contribution in [1.29, 1.82) is 0 Å². The molecule has 32 heavy (non-hydrogen) atoms. The van der Waals surface area contributed by atoms with Gasteiger partial charge in [0.15, 0.2) is 5.03 Å². The third-order valence-corrected chi connectivity index (χ3v) is 5.70. The molecule has 0 spiro atoms. The first-order chi connectivity index (χ1) is 15.2. The van der Waals surface area contributed by atoms with E-state index in [2.05, 4.69) is 9.97 Å². The molecule has 11 heteroatoms. The SMILES string of the molecule is CC(C)c1nc(COCCO)n(Cc2cccnc2)c1S(=O)(=O)Oc1cc(F)cc(F)c1. The van der Waals surface area contributed by atoms with Crippen LogP contribution in [-0.2, 0) is 28.0 Å². The Kier molecular flexibility index (Phi) is 7.54. The largest absolute Gasteiger partial charge is 0.394 e. The zero-order valence-electron chi connectivity index (χ0n) is 17.5. The summed E-state index contributed by atoms with van der Waals surface area (Å²) in [6, 6.07) is 5.64. The van der Waals surface area contributed by atoms with Crippen molar-refractivity contribution in [3.8, 4) is 5.75 Å². The van der Waals surface area contributed by atoms with Gasteiger partial charge in [-0.3, -0.25) is 4.98 Å². The number of ether oxygens (including phenoxy) is 1. The Bertz CT molecular complexity index is 1150. The maximum atomic E-state index is 13.6. The lowest BCUT2D eigenvalue weighted by Crippen LogP contribution is -2.19. The zero-order chi connectivity index (χ0) is 23.3. The molecule has 0 radical (unpaired) electrons. The lowest BCUT2D eigenvalue weighted by molar-refractivity contribution is 0.0758. The Morgan fingerprint density at radius 2 is 1.91 bits per heavy atom. The highest BCUT2D eigenvalue weighted by molar-refractivity contribution is 7.87. The molecule has 0 atom stereocenters. The summed E-state index contributed by atoms with van der Waals surface area (Å²) >= 11 is 0. The summed E-state index contributed by atoms with van der Waals surface area (Å²) in [5.74, 6) is -2.47. The fraction of sp³-hybridized carbons (Fsp3) is 0.333. The van der Waals surface area contributed by atoms with E-state index in [0.717, 1.165) is 12.1 Å². The van der Waals surface area contributed by atoms with Crippen molar-refractivity contribution in [1.82, 2.24) is 14.5 Å².